The molecule has 0 unspecified atom stereocenters. The van der Waals surface area contributed by atoms with Crippen molar-refractivity contribution in [3.05, 3.63) is 65.1 Å². The minimum atomic E-state index is -0.176. The highest BCUT2D eigenvalue weighted by Crippen LogP contribution is 2.16. The first-order valence-corrected chi connectivity index (χ1v) is 5.15. The maximum absolute atomic E-state index is 11.6. The van der Waals surface area contributed by atoms with E-state index in [0.717, 1.165) is 5.56 Å². The second-order valence-electron chi connectivity index (χ2n) is 3.20. The molecule has 2 nitrogen and oxygen atoms in total. The van der Waals surface area contributed by atoms with Crippen molar-refractivity contribution in [2.24, 2.45) is 0 Å². The highest BCUT2D eigenvalue weighted by molar-refractivity contribution is 6.32. The average Bonchev–Trinajstić information content (AvgIpc) is 2.81. The van der Waals surface area contributed by atoms with Crippen LogP contribution < -0.4 is 0 Å². The van der Waals surface area contributed by atoms with Gasteiger partial charge in [0.05, 0.1) is 6.26 Å². The van der Waals surface area contributed by atoms with Crippen LogP contribution in [0.15, 0.2) is 53.2 Å². The molecule has 0 amide bonds. The van der Waals surface area contributed by atoms with Gasteiger partial charge in [0.1, 0.15) is 0 Å². The monoisotopic (exact) mass is 232 g/mol. The molecule has 0 saturated heterocycles. The molecule has 0 aliphatic rings. The summed E-state index contributed by atoms with van der Waals surface area (Å²) in [5, 5.41) is 0.617. The molecule has 0 fully saturated rings. The van der Waals surface area contributed by atoms with Crippen molar-refractivity contribution in [1.29, 1.82) is 0 Å². The van der Waals surface area contributed by atoms with Gasteiger partial charge in [0, 0.05) is 5.02 Å². The summed E-state index contributed by atoms with van der Waals surface area (Å²) in [6.07, 6.45) is 4.59. The Kier molecular flexibility index (Phi) is 3.22. The van der Waals surface area contributed by atoms with Crippen LogP contribution >= 0.6 is 11.6 Å². The summed E-state index contributed by atoms with van der Waals surface area (Å²) in [5.74, 6) is 0.147. The fourth-order valence-electron chi connectivity index (χ4n) is 1.28. The molecule has 0 saturated carbocycles. The maximum atomic E-state index is 11.6. The first-order valence-electron chi connectivity index (χ1n) is 4.78. The van der Waals surface area contributed by atoms with Crippen molar-refractivity contribution in [3.63, 3.8) is 0 Å². The van der Waals surface area contributed by atoms with E-state index >= 15 is 0 Å². The molecule has 0 spiro atoms. The van der Waals surface area contributed by atoms with Gasteiger partial charge >= 0.3 is 0 Å². The van der Waals surface area contributed by atoms with Crippen LogP contribution in [0.4, 0.5) is 0 Å². The average molecular weight is 233 g/mol. The minimum absolute atomic E-state index is 0.176. The highest BCUT2D eigenvalue weighted by atomic mass is 35.5. The van der Waals surface area contributed by atoms with E-state index in [-0.39, 0.29) is 5.78 Å². The Bertz CT molecular complexity index is 512. The molecule has 0 N–H and O–H groups in total. The molecule has 80 valence electrons. The van der Waals surface area contributed by atoms with E-state index in [0.29, 0.717) is 10.8 Å². The number of carbonyl (C=O) groups excluding carboxylic acids is 1. The number of ketones is 1. The maximum Gasteiger partial charge on any atom is 0.221 e. The third-order valence-corrected chi connectivity index (χ3v) is 2.43. The van der Waals surface area contributed by atoms with E-state index in [1.807, 2.05) is 18.2 Å². The van der Waals surface area contributed by atoms with Gasteiger partial charge in [-0.1, -0.05) is 29.8 Å². The summed E-state index contributed by atoms with van der Waals surface area (Å²) in [7, 11) is 0. The molecule has 2 rings (SSSR count). The molecular formula is C13H9ClO2. The number of hydrogen-bond acceptors (Lipinski definition) is 2. The van der Waals surface area contributed by atoms with Crippen LogP contribution in [-0.2, 0) is 0 Å². The molecule has 0 aliphatic heterocycles. The lowest BCUT2D eigenvalue weighted by molar-refractivity contribution is 0.102. The summed E-state index contributed by atoms with van der Waals surface area (Å²) in [5.41, 5.74) is 0.809. The van der Waals surface area contributed by atoms with Crippen LogP contribution in [0.3, 0.4) is 0 Å². The molecule has 1 aromatic heterocycles. The van der Waals surface area contributed by atoms with Gasteiger partial charge in [0.25, 0.3) is 0 Å². The van der Waals surface area contributed by atoms with Crippen LogP contribution in [0.1, 0.15) is 16.1 Å². The Balaban J connectivity index is 2.16. The zero-order chi connectivity index (χ0) is 11.4. The molecule has 0 atom stereocenters. The Morgan fingerprint density at radius 3 is 2.69 bits per heavy atom. The summed E-state index contributed by atoms with van der Waals surface area (Å²) < 4.78 is 4.98. The second kappa shape index (κ2) is 4.81. The Labute approximate surface area is 98.2 Å². The van der Waals surface area contributed by atoms with Crippen LogP contribution in [-0.4, -0.2) is 5.78 Å². The third kappa shape index (κ3) is 2.41. The number of hydrogen-bond donors (Lipinski definition) is 0. The molecule has 1 heterocycles. The van der Waals surface area contributed by atoms with Crippen molar-refractivity contribution in [1.82, 2.24) is 0 Å². The Hall–Kier alpha value is -1.80. The molecule has 2 aromatic rings. The normalized spacial score (nSPS) is 10.8. The summed E-state index contributed by atoms with van der Waals surface area (Å²) in [4.78, 5) is 11.6. The number of allylic oxidation sites excluding steroid dienone is 1. The number of halogens is 1. The van der Waals surface area contributed by atoms with E-state index in [1.54, 1.807) is 24.3 Å². The summed E-state index contributed by atoms with van der Waals surface area (Å²) in [6, 6.07) is 10.6. The van der Waals surface area contributed by atoms with Crippen molar-refractivity contribution >= 4 is 23.5 Å². The smallest absolute Gasteiger partial charge is 0.221 e. The van der Waals surface area contributed by atoms with Gasteiger partial charge in [-0.05, 0) is 35.9 Å². The summed E-state index contributed by atoms with van der Waals surface area (Å²) >= 11 is 5.95. The number of furan rings is 1. The first-order chi connectivity index (χ1) is 7.77. The Morgan fingerprint density at radius 2 is 2.00 bits per heavy atom. The van der Waals surface area contributed by atoms with Crippen LogP contribution in [0.2, 0.25) is 5.02 Å². The van der Waals surface area contributed by atoms with Gasteiger partial charge in [-0.2, -0.15) is 0 Å². The van der Waals surface area contributed by atoms with E-state index in [4.69, 9.17) is 16.0 Å². The van der Waals surface area contributed by atoms with Crippen molar-refractivity contribution in [3.8, 4) is 0 Å². The number of carbonyl (C=O) groups is 1. The quantitative estimate of drug-likeness (QED) is 0.595. The minimum Gasteiger partial charge on any atom is -0.461 e. The predicted octanol–water partition coefficient (Wildman–Crippen LogP) is 3.83. The zero-order valence-electron chi connectivity index (χ0n) is 8.39. The fourth-order valence-corrected chi connectivity index (χ4v) is 1.48. The van der Waals surface area contributed by atoms with E-state index < -0.39 is 0 Å². The van der Waals surface area contributed by atoms with Crippen LogP contribution in [0, 0.1) is 0 Å². The van der Waals surface area contributed by atoms with Gasteiger partial charge < -0.3 is 4.42 Å². The van der Waals surface area contributed by atoms with Crippen molar-refractivity contribution < 1.29 is 9.21 Å². The molecule has 16 heavy (non-hydrogen) atoms. The molecule has 1 aromatic carbocycles. The number of benzene rings is 1. The predicted molar refractivity (Wildman–Crippen MR) is 63.5 cm³/mol. The van der Waals surface area contributed by atoms with Crippen molar-refractivity contribution in [2.75, 3.05) is 0 Å². The summed E-state index contributed by atoms with van der Waals surface area (Å²) in [6.45, 7) is 0. The molecule has 0 bridgehead atoms. The van der Waals surface area contributed by atoms with Gasteiger partial charge in [-0.15, -0.1) is 0 Å². The molecule has 3 heteroatoms. The Morgan fingerprint density at radius 1 is 1.19 bits per heavy atom. The molecular weight excluding hydrogens is 224 g/mol. The van der Waals surface area contributed by atoms with E-state index in [2.05, 4.69) is 0 Å². The third-order valence-electron chi connectivity index (χ3n) is 2.08. The van der Waals surface area contributed by atoms with Gasteiger partial charge in [-0.25, -0.2) is 0 Å². The standard InChI is InChI=1S/C13H9ClO2/c14-11-5-2-1-4-10(11)7-8-12(15)13-6-3-9-16-13/h1-9H. The van der Waals surface area contributed by atoms with Gasteiger partial charge in [-0.3, -0.25) is 4.79 Å². The molecule has 0 radical (unpaired) electrons. The van der Waals surface area contributed by atoms with Crippen LogP contribution in [0.5, 0.6) is 0 Å². The molecule has 0 aliphatic carbocycles. The van der Waals surface area contributed by atoms with E-state index in [9.17, 15) is 4.79 Å². The van der Waals surface area contributed by atoms with Crippen LogP contribution in [0.25, 0.3) is 6.08 Å². The topological polar surface area (TPSA) is 30.2 Å². The lowest BCUT2D eigenvalue weighted by Gasteiger charge is -1.95. The lowest BCUT2D eigenvalue weighted by atomic mass is 10.2. The second-order valence-corrected chi connectivity index (χ2v) is 3.60. The zero-order valence-corrected chi connectivity index (χ0v) is 9.15. The highest BCUT2D eigenvalue weighted by Gasteiger charge is 2.03. The van der Waals surface area contributed by atoms with Gasteiger partial charge in [0.2, 0.25) is 5.78 Å². The fraction of sp³-hybridized carbons (Fsp3) is 0. The van der Waals surface area contributed by atoms with Crippen molar-refractivity contribution in [2.45, 2.75) is 0 Å². The SMILES string of the molecule is O=C(C=Cc1ccccc1Cl)c1ccco1. The first kappa shape index (κ1) is 10.7. The number of rotatable bonds is 3. The lowest BCUT2D eigenvalue weighted by Crippen LogP contribution is -1.90. The van der Waals surface area contributed by atoms with Gasteiger partial charge in [0.15, 0.2) is 5.76 Å². The largest absolute Gasteiger partial charge is 0.461 e. The van der Waals surface area contributed by atoms with E-state index in [1.165, 1.54) is 12.3 Å².